The van der Waals surface area contributed by atoms with Gasteiger partial charge in [0.05, 0.1) is 6.10 Å². The molecule has 2 fully saturated rings. The summed E-state index contributed by atoms with van der Waals surface area (Å²) < 4.78 is 0. The molecule has 2 rings (SSSR count). The minimum atomic E-state index is -0.186. The molecule has 2 saturated carbocycles. The SMILES string of the molecule is CN=C(NCC1CCCC1O)NC1CCCC(C(=O)NC(C)C)C1.I. The van der Waals surface area contributed by atoms with Crippen molar-refractivity contribution in [3.8, 4) is 0 Å². The van der Waals surface area contributed by atoms with Crippen LogP contribution in [0.3, 0.4) is 0 Å². The number of hydrogen-bond donors (Lipinski definition) is 4. The lowest BCUT2D eigenvalue weighted by Crippen LogP contribution is -2.48. The van der Waals surface area contributed by atoms with Gasteiger partial charge in [-0.05, 0) is 46.0 Å². The molecule has 7 heteroatoms. The fourth-order valence-electron chi connectivity index (χ4n) is 3.83. The Morgan fingerprint density at radius 3 is 2.52 bits per heavy atom. The number of halogens is 1. The van der Waals surface area contributed by atoms with Crippen LogP contribution in [0, 0.1) is 11.8 Å². The van der Waals surface area contributed by atoms with Gasteiger partial charge in [-0.3, -0.25) is 9.79 Å². The standard InChI is InChI=1S/C18H34N4O2.HI/c1-12(2)21-17(24)13-6-4-8-15(10-13)22-18(19-3)20-11-14-7-5-9-16(14)23;/h12-16,23H,4-11H2,1-3H3,(H,21,24)(H2,19,20,22);1H. The number of nitrogens with one attached hydrogen (secondary N) is 3. The van der Waals surface area contributed by atoms with Gasteiger partial charge in [0.2, 0.25) is 5.91 Å². The third-order valence-electron chi connectivity index (χ3n) is 5.19. The predicted molar refractivity (Wildman–Crippen MR) is 112 cm³/mol. The van der Waals surface area contributed by atoms with Gasteiger partial charge in [0.15, 0.2) is 5.96 Å². The van der Waals surface area contributed by atoms with Gasteiger partial charge in [0.1, 0.15) is 0 Å². The van der Waals surface area contributed by atoms with Crippen molar-refractivity contribution in [2.45, 2.75) is 77.0 Å². The second kappa shape index (κ2) is 11.2. The van der Waals surface area contributed by atoms with Crippen molar-refractivity contribution in [1.29, 1.82) is 0 Å². The van der Waals surface area contributed by atoms with Gasteiger partial charge in [-0.25, -0.2) is 0 Å². The number of guanidine groups is 1. The summed E-state index contributed by atoms with van der Waals surface area (Å²) in [6.45, 7) is 4.75. The van der Waals surface area contributed by atoms with Crippen LogP contribution in [0.2, 0.25) is 0 Å². The summed E-state index contributed by atoms with van der Waals surface area (Å²) >= 11 is 0. The molecule has 0 spiro atoms. The van der Waals surface area contributed by atoms with E-state index >= 15 is 0 Å². The second-order valence-electron chi connectivity index (χ2n) is 7.58. The fraction of sp³-hybridized carbons (Fsp3) is 0.889. The molecule has 146 valence electrons. The summed E-state index contributed by atoms with van der Waals surface area (Å²) in [5.41, 5.74) is 0. The maximum absolute atomic E-state index is 12.2. The molecule has 4 N–H and O–H groups in total. The molecule has 0 radical (unpaired) electrons. The number of aliphatic imine (C=N–C) groups is 1. The molecule has 1 amide bonds. The van der Waals surface area contributed by atoms with E-state index in [4.69, 9.17) is 0 Å². The van der Waals surface area contributed by atoms with E-state index in [1.165, 1.54) is 0 Å². The molecular formula is C18H35IN4O2. The number of hydrogen-bond acceptors (Lipinski definition) is 3. The monoisotopic (exact) mass is 466 g/mol. The molecule has 0 aromatic rings. The van der Waals surface area contributed by atoms with Crippen LogP contribution in [-0.4, -0.2) is 48.8 Å². The first-order valence-electron chi connectivity index (χ1n) is 9.45. The lowest BCUT2D eigenvalue weighted by Gasteiger charge is -2.31. The molecule has 2 aliphatic rings. The smallest absolute Gasteiger partial charge is 0.223 e. The Morgan fingerprint density at radius 2 is 1.92 bits per heavy atom. The summed E-state index contributed by atoms with van der Waals surface area (Å²) in [5, 5.41) is 19.7. The first kappa shape index (κ1) is 22.5. The second-order valence-corrected chi connectivity index (χ2v) is 7.58. The molecular weight excluding hydrogens is 431 g/mol. The largest absolute Gasteiger partial charge is 0.393 e. The summed E-state index contributed by atoms with van der Waals surface area (Å²) in [6.07, 6.45) is 6.86. The maximum Gasteiger partial charge on any atom is 0.223 e. The van der Waals surface area contributed by atoms with Gasteiger partial charge in [0, 0.05) is 37.5 Å². The quantitative estimate of drug-likeness (QED) is 0.284. The zero-order valence-electron chi connectivity index (χ0n) is 15.8. The number of carbonyl (C=O) groups is 1. The highest BCUT2D eigenvalue weighted by atomic mass is 127. The number of aliphatic hydroxyl groups excluding tert-OH is 1. The number of carbonyl (C=O) groups excluding carboxylic acids is 1. The highest BCUT2D eigenvalue weighted by molar-refractivity contribution is 14.0. The molecule has 2 aliphatic carbocycles. The van der Waals surface area contributed by atoms with Crippen LogP contribution in [0.1, 0.15) is 58.8 Å². The predicted octanol–water partition coefficient (Wildman–Crippen LogP) is 2.01. The third-order valence-corrected chi connectivity index (χ3v) is 5.19. The van der Waals surface area contributed by atoms with Crippen LogP contribution in [0.25, 0.3) is 0 Å². The van der Waals surface area contributed by atoms with Gasteiger partial charge in [-0.2, -0.15) is 0 Å². The number of aliphatic hydroxyl groups is 1. The molecule has 0 heterocycles. The van der Waals surface area contributed by atoms with E-state index in [-0.39, 0.29) is 54.0 Å². The molecule has 4 unspecified atom stereocenters. The lowest BCUT2D eigenvalue weighted by molar-refractivity contribution is -0.126. The van der Waals surface area contributed by atoms with E-state index in [9.17, 15) is 9.90 Å². The van der Waals surface area contributed by atoms with Crippen LogP contribution in [-0.2, 0) is 4.79 Å². The Bertz CT molecular complexity index is 445. The van der Waals surface area contributed by atoms with Gasteiger partial charge in [-0.15, -0.1) is 24.0 Å². The number of rotatable bonds is 5. The van der Waals surface area contributed by atoms with Crippen LogP contribution in [0.4, 0.5) is 0 Å². The molecule has 0 aromatic carbocycles. The van der Waals surface area contributed by atoms with Crippen LogP contribution >= 0.6 is 24.0 Å². The molecule has 0 aromatic heterocycles. The molecule has 0 saturated heterocycles. The average Bonchev–Trinajstić information content (AvgIpc) is 2.96. The Labute approximate surface area is 169 Å². The zero-order valence-corrected chi connectivity index (χ0v) is 18.1. The molecule has 6 nitrogen and oxygen atoms in total. The third kappa shape index (κ3) is 7.29. The lowest BCUT2D eigenvalue weighted by atomic mass is 9.85. The topological polar surface area (TPSA) is 85.8 Å². The van der Waals surface area contributed by atoms with E-state index in [1.54, 1.807) is 7.05 Å². The summed E-state index contributed by atoms with van der Waals surface area (Å²) in [7, 11) is 1.77. The highest BCUT2D eigenvalue weighted by Crippen LogP contribution is 2.25. The summed E-state index contributed by atoms with van der Waals surface area (Å²) in [6, 6.07) is 0.472. The first-order valence-corrected chi connectivity index (χ1v) is 9.45. The Balaban J connectivity index is 0.00000312. The minimum absolute atomic E-state index is 0. The molecule has 0 bridgehead atoms. The fourth-order valence-corrected chi connectivity index (χ4v) is 3.83. The van der Waals surface area contributed by atoms with Crippen molar-refractivity contribution in [3.05, 3.63) is 0 Å². The van der Waals surface area contributed by atoms with E-state index in [1.807, 2.05) is 13.8 Å². The van der Waals surface area contributed by atoms with Gasteiger partial charge in [-0.1, -0.05) is 12.8 Å². The van der Waals surface area contributed by atoms with Gasteiger partial charge < -0.3 is 21.1 Å². The normalized spacial score (nSPS) is 29.9. The highest BCUT2D eigenvalue weighted by Gasteiger charge is 2.29. The Morgan fingerprint density at radius 1 is 1.20 bits per heavy atom. The molecule has 0 aliphatic heterocycles. The number of nitrogens with zero attached hydrogens (tertiary/aromatic N) is 1. The van der Waals surface area contributed by atoms with Crippen molar-refractivity contribution < 1.29 is 9.90 Å². The van der Waals surface area contributed by atoms with Crippen molar-refractivity contribution in [1.82, 2.24) is 16.0 Å². The zero-order chi connectivity index (χ0) is 17.5. The average molecular weight is 466 g/mol. The van der Waals surface area contributed by atoms with Crippen molar-refractivity contribution in [2.24, 2.45) is 16.8 Å². The Kier molecular flexibility index (Phi) is 10.1. The van der Waals surface area contributed by atoms with Crippen molar-refractivity contribution >= 4 is 35.8 Å². The van der Waals surface area contributed by atoms with Crippen LogP contribution in [0.15, 0.2) is 4.99 Å². The van der Waals surface area contributed by atoms with E-state index < -0.39 is 0 Å². The van der Waals surface area contributed by atoms with E-state index in [0.717, 1.165) is 57.5 Å². The van der Waals surface area contributed by atoms with Crippen LogP contribution < -0.4 is 16.0 Å². The first-order chi connectivity index (χ1) is 11.5. The molecule has 4 atom stereocenters. The van der Waals surface area contributed by atoms with E-state index in [0.29, 0.717) is 5.92 Å². The Hall–Kier alpha value is -0.570. The van der Waals surface area contributed by atoms with Crippen LogP contribution in [0.5, 0.6) is 0 Å². The summed E-state index contributed by atoms with van der Waals surface area (Å²) in [4.78, 5) is 16.5. The van der Waals surface area contributed by atoms with Gasteiger partial charge >= 0.3 is 0 Å². The molecule has 25 heavy (non-hydrogen) atoms. The van der Waals surface area contributed by atoms with Crippen molar-refractivity contribution in [2.75, 3.05) is 13.6 Å². The van der Waals surface area contributed by atoms with Gasteiger partial charge in [0.25, 0.3) is 0 Å². The maximum atomic E-state index is 12.2. The van der Waals surface area contributed by atoms with Crippen molar-refractivity contribution in [3.63, 3.8) is 0 Å². The summed E-state index contributed by atoms with van der Waals surface area (Å²) in [5.74, 6) is 1.37. The van der Waals surface area contributed by atoms with E-state index in [2.05, 4.69) is 20.9 Å². The minimum Gasteiger partial charge on any atom is -0.393 e. The number of amides is 1.